The molecule has 350 valence electrons. The lowest BCUT2D eigenvalue weighted by molar-refractivity contribution is -0.146. The number of nitrogens with zero attached hydrogens (tertiary/aromatic N) is 1. The highest BCUT2D eigenvalue weighted by Gasteiger charge is 2.37. The Bertz CT molecular complexity index is 2090. The first-order valence-electron chi connectivity index (χ1n) is 21.8. The number of ether oxygens (including phenoxy) is 1. The van der Waals surface area contributed by atoms with Gasteiger partial charge in [0.2, 0.25) is 29.5 Å². The molecule has 3 aromatic rings. The number of esters is 1. The van der Waals surface area contributed by atoms with E-state index in [-0.39, 0.29) is 57.2 Å². The van der Waals surface area contributed by atoms with Crippen molar-refractivity contribution >= 4 is 47.5 Å². The van der Waals surface area contributed by atoms with Crippen molar-refractivity contribution in [2.75, 3.05) is 20.2 Å². The quantitative estimate of drug-likeness (QED) is 0.109. The molecule has 18 nitrogen and oxygen atoms in total. The Hall–Kier alpha value is -6.98. The van der Waals surface area contributed by atoms with Gasteiger partial charge in [-0.2, -0.15) is 0 Å². The van der Waals surface area contributed by atoms with E-state index in [1.807, 2.05) is 30.3 Å². The van der Waals surface area contributed by atoms with Crippen molar-refractivity contribution in [2.24, 2.45) is 5.92 Å². The molecule has 0 radical (unpaired) electrons. The van der Waals surface area contributed by atoms with E-state index >= 15 is 0 Å². The van der Waals surface area contributed by atoms with Gasteiger partial charge in [0.15, 0.2) is 0 Å². The molecule has 0 aliphatic carbocycles. The number of benzene rings is 3. The molecule has 1 aliphatic heterocycles. The first-order chi connectivity index (χ1) is 31.0. The van der Waals surface area contributed by atoms with Crippen LogP contribution < -0.4 is 31.9 Å². The van der Waals surface area contributed by atoms with E-state index in [1.54, 1.807) is 56.3 Å². The van der Waals surface area contributed by atoms with E-state index in [0.717, 1.165) is 18.1 Å². The van der Waals surface area contributed by atoms with Crippen LogP contribution in [0.3, 0.4) is 0 Å². The van der Waals surface area contributed by atoms with Crippen molar-refractivity contribution in [1.29, 1.82) is 0 Å². The molecule has 0 bridgehead atoms. The number of carboxylic acids is 1. The molecule has 1 heterocycles. The first-order valence-corrected chi connectivity index (χ1v) is 21.8. The smallest absolute Gasteiger partial charge is 0.326 e. The Morgan fingerprint density at radius 2 is 1.35 bits per heavy atom. The van der Waals surface area contributed by atoms with Crippen molar-refractivity contribution in [3.63, 3.8) is 0 Å². The summed E-state index contributed by atoms with van der Waals surface area (Å²) in [4.78, 5) is 109. The number of rotatable bonds is 14. The van der Waals surface area contributed by atoms with Gasteiger partial charge in [0.05, 0.1) is 0 Å². The molecule has 1 saturated heterocycles. The van der Waals surface area contributed by atoms with E-state index in [0.29, 0.717) is 12.0 Å². The first kappa shape index (κ1) is 50.7. The normalized spacial score (nSPS) is 21.0. The second kappa shape index (κ2) is 25.3. The van der Waals surface area contributed by atoms with Crippen LogP contribution in [-0.4, -0.2) is 119 Å². The number of urea groups is 1. The summed E-state index contributed by atoms with van der Waals surface area (Å²) < 4.78 is 5.15. The lowest BCUT2D eigenvalue weighted by Gasteiger charge is -2.33. The number of carboxylic acid groups (broad SMARTS) is 1. The van der Waals surface area contributed by atoms with E-state index in [1.165, 1.54) is 24.1 Å². The fourth-order valence-electron chi connectivity index (χ4n) is 7.27. The number of carbonyl (C=O) groups is 8. The van der Waals surface area contributed by atoms with Crippen molar-refractivity contribution in [3.8, 4) is 5.75 Å². The maximum atomic E-state index is 14.7. The number of hydrogen-bond donors (Lipinski definition) is 8. The van der Waals surface area contributed by atoms with E-state index < -0.39 is 96.3 Å². The topological polar surface area (TPSA) is 262 Å². The molecule has 65 heavy (non-hydrogen) atoms. The molecule has 6 atom stereocenters. The van der Waals surface area contributed by atoms with Gasteiger partial charge in [0, 0.05) is 26.9 Å². The van der Waals surface area contributed by atoms with Crippen LogP contribution in [0.25, 0.3) is 0 Å². The summed E-state index contributed by atoms with van der Waals surface area (Å²) in [5.41, 5.74) is 2.26. The molecular weight excluding hydrogens is 839 g/mol. The number of likely N-dealkylation sites (N-methyl/N-ethyl adjacent to an activating group) is 1. The van der Waals surface area contributed by atoms with Crippen molar-refractivity contribution in [1.82, 2.24) is 36.8 Å². The number of nitrogens with one attached hydrogen (secondary N) is 6. The lowest BCUT2D eigenvalue weighted by atomic mass is 9.98. The number of phenolic OH excluding ortho intramolecular Hbond substituents is 1. The molecule has 0 saturated carbocycles. The van der Waals surface area contributed by atoms with Gasteiger partial charge in [-0.15, -0.1) is 0 Å². The van der Waals surface area contributed by atoms with Crippen LogP contribution in [0.5, 0.6) is 5.75 Å². The Morgan fingerprint density at radius 1 is 0.754 bits per heavy atom. The molecule has 1 aliphatic rings. The van der Waals surface area contributed by atoms with Crippen LogP contribution in [0.2, 0.25) is 0 Å². The molecule has 18 heteroatoms. The average Bonchev–Trinajstić information content (AvgIpc) is 3.27. The average molecular weight is 900 g/mol. The maximum absolute atomic E-state index is 14.7. The van der Waals surface area contributed by atoms with Gasteiger partial charge >= 0.3 is 18.0 Å². The van der Waals surface area contributed by atoms with E-state index in [4.69, 9.17) is 4.74 Å². The summed E-state index contributed by atoms with van der Waals surface area (Å²) in [6, 6.07) is 15.6. The summed E-state index contributed by atoms with van der Waals surface area (Å²) in [5.74, 6) is -6.01. The zero-order valence-electron chi connectivity index (χ0n) is 37.2. The Balaban J connectivity index is 1.69. The molecule has 4 rings (SSSR count). The van der Waals surface area contributed by atoms with Crippen LogP contribution in [0.1, 0.15) is 69.6 Å². The summed E-state index contributed by atoms with van der Waals surface area (Å²) in [5, 5.41) is 35.7. The zero-order chi connectivity index (χ0) is 47.5. The minimum atomic E-state index is -1.38. The third-order valence-corrected chi connectivity index (χ3v) is 11.0. The standard InChI is InChI=1S/C47H61N7O11/c1-29(2)40-44(60)49-36(24-20-31-13-7-5-8-14-31)45(61)54(4)39(25-21-32-18-22-34(56)23-19-32)43(59)50-38(28-65-30(3)55)41(57)48-26-12-11-17-35(42(58)53-40)51-47(64)52-37(46(62)63)27-33-15-9-6-10-16-33/h5-10,13-16,18-19,22-23,29,35-40,56H,11-12,17,20-21,24-28H2,1-4H3,(H,48,57)(H,49,60)(H,50,59)(H,53,58)(H,62,63)(H2,51,52,64)/t35-,36+,37+,38+,39+,40+/m1/s1. The monoisotopic (exact) mass is 899 g/mol. The van der Waals surface area contributed by atoms with Gasteiger partial charge in [0.25, 0.3) is 0 Å². The molecule has 0 aromatic heterocycles. The van der Waals surface area contributed by atoms with Gasteiger partial charge in [-0.05, 0) is 79.7 Å². The fraction of sp³-hybridized carbons (Fsp3) is 0.447. The zero-order valence-corrected chi connectivity index (χ0v) is 37.2. The molecule has 0 unspecified atom stereocenters. The summed E-state index contributed by atoms with van der Waals surface area (Å²) in [6.07, 6.45) is 1.20. The number of aromatic hydroxyl groups is 1. The lowest BCUT2D eigenvalue weighted by Crippen LogP contribution is -2.61. The number of aliphatic carboxylic acids is 1. The highest BCUT2D eigenvalue weighted by atomic mass is 16.5. The predicted molar refractivity (Wildman–Crippen MR) is 239 cm³/mol. The number of aryl methyl sites for hydroxylation is 2. The Labute approximate surface area is 378 Å². The Morgan fingerprint density at radius 3 is 1.97 bits per heavy atom. The van der Waals surface area contributed by atoms with E-state index in [2.05, 4.69) is 31.9 Å². The molecule has 0 spiro atoms. The molecular formula is C47H61N7O11. The second-order valence-electron chi connectivity index (χ2n) is 16.4. The van der Waals surface area contributed by atoms with Gasteiger partial charge in [0.1, 0.15) is 48.6 Å². The van der Waals surface area contributed by atoms with Gasteiger partial charge < -0.3 is 51.8 Å². The van der Waals surface area contributed by atoms with Crippen molar-refractivity contribution in [3.05, 3.63) is 102 Å². The number of phenols is 1. The molecule has 1 fully saturated rings. The summed E-state index contributed by atoms with van der Waals surface area (Å²) in [6.45, 7) is 4.05. The Kier molecular flexibility index (Phi) is 19.8. The van der Waals surface area contributed by atoms with Gasteiger partial charge in [-0.25, -0.2) is 9.59 Å². The highest BCUT2D eigenvalue weighted by molar-refractivity contribution is 5.96. The number of carbonyl (C=O) groups excluding carboxylic acids is 7. The van der Waals surface area contributed by atoms with Crippen LogP contribution in [0, 0.1) is 5.92 Å². The third kappa shape index (κ3) is 16.6. The molecule has 8 N–H and O–H groups in total. The van der Waals surface area contributed by atoms with Crippen LogP contribution in [0.15, 0.2) is 84.9 Å². The maximum Gasteiger partial charge on any atom is 0.326 e. The van der Waals surface area contributed by atoms with Crippen LogP contribution in [0.4, 0.5) is 4.79 Å². The molecule has 7 amide bonds. The van der Waals surface area contributed by atoms with Crippen LogP contribution in [-0.2, 0) is 57.6 Å². The minimum absolute atomic E-state index is 0.00269. The predicted octanol–water partition coefficient (Wildman–Crippen LogP) is 2.12. The van der Waals surface area contributed by atoms with Crippen molar-refractivity contribution < 1.29 is 53.3 Å². The largest absolute Gasteiger partial charge is 0.508 e. The second-order valence-corrected chi connectivity index (χ2v) is 16.4. The van der Waals surface area contributed by atoms with Crippen LogP contribution >= 0.6 is 0 Å². The highest BCUT2D eigenvalue weighted by Crippen LogP contribution is 2.17. The van der Waals surface area contributed by atoms with Gasteiger partial charge in [-0.3, -0.25) is 28.8 Å². The van der Waals surface area contributed by atoms with Crippen molar-refractivity contribution in [2.45, 2.75) is 108 Å². The molecule has 3 aromatic carbocycles. The number of hydrogen-bond acceptors (Lipinski definition) is 10. The summed E-state index contributed by atoms with van der Waals surface area (Å²) in [7, 11) is 1.41. The number of amides is 7. The fourth-order valence-corrected chi connectivity index (χ4v) is 7.27. The van der Waals surface area contributed by atoms with Gasteiger partial charge in [-0.1, -0.05) is 86.6 Å². The summed E-state index contributed by atoms with van der Waals surface area (Å²) >= 11 is 0. The minimum Gasteiger partial charge on any atom is -0.508 e. The SMILES string of the molecule is CC(=O)OC[C@@H]1NC(=O)[C@H](CCc2ccc(O)cc2)N(C)C(=O)[C@H](CCc2ccccc2)NC(=O)[C@H](C(C)C)NC(=O)[C@H](NC(=O)N[C@@H](Cc2ccccc2)C(=O)O)CCCCNC1=O. The van der Waals surface area contributed by atoms with E-state index in [9.17, 15) is 48.6 Å². The third-order valence-electron chi connectivity index (χ3n) is 11.0.